The highest BCUT2D eigenvalue weighted by Gasteiger charge is 2.43. The lowest BCUT2D eigenvalue weighted by Crippen LogP contribution is -2.43. The number of ether oxygens (including phenoxy) is 3. The number of carbonyl (C=O) groups is 6. The molecule has 15 N–H and O–H groups in total. The molecular formula is C77H95ClN12O14S3. The van der Waals surface area contributed by atoms with Crippen LogP contribution in [0.2, 0.25) is 5.15 Å². The minimum Gasteiger partial charge on any atom is -0.474 e. The zero-order chi connectivity index (χ0) is 73.8. The van der Waals surface area contributed by atoms with E-state index < -0.39 is 11.9 Å². The van der Waals surface area contributed by atoms with Crippen molar-refractivity contribution < 1.29 is 70.7 Å². The van der Waals surface area contributed by atoms with Crippen LogP contribution < -0.4 is 32.6 Å². The number of benzene rings is 3. The number of hydrazine groups is 1. The normalized spacial score (nSPS) is 22.5. The summed E-state index contributed by atoms with van der Waals surface area (Å²) >= 11 is 11.4. The number of aromatic nitrogens is 6. The molecule has 3 aromatic carbocycles. The van der Waals surface area contributed by atoms with Crippen molar-refractivity contribution in [2.45, 2.75) is 216 Å². The number of aryl methyl sites for hydroxylation is 6. The Bertz CT molecular complexity index is 4500. The van der Waals surface area contributed by atoms with Gasteiger partial charge in [-0.3, -0.25) is 40.7 Å². The van der Waals surface area contributed by atoms with Gasteiger partial charge in [-0.1, -0.05) is 48.0 Å². The van der Waals surface area contributed by atoms with Crippen LogP contribution in [0.25, 0.3) is 30.6 Å². The Kier molecular flexibility index (Phi) is 28.6. The van der Waals surface area contributed by atoms with E-state index in [4.69, 9.17) is 42.8 Å². The van der Waals surface area contributed by atoms with E-state index in [1.165, 1.54) is 84.9 Å². The van der Waals surface area contributed by atoms with Crippen molar-refractivity contribution in [3.63, 3.8) is 0 Å². The Morgan fingerprint density at radius 1 is 0.458 bits per heavy atom. The van der Waals surface area contributed by atoms with E-state index in [9.17, 15) is 33.9 Å². The number of fused-ring (bicyclic) bond motifs is 12. The molecule has 107 heavy (non-hydrogen) atoms. The fourth-order valence-electron chi connectivity index (χ4n) is 15.3. The first-order chi connectivity index (χ1) is 51.0. The van der Waals surface area contributed by atoms with Crippen LogP contribution in [-0.2, 0) is 43.3 Å². The minimum atomic E-state index is -0.550. The SMILES string of the molecule is CCO.Clc1ncnc2sc3c(c12)CCC3.NC1CCC(O)CC1.NC1CCC(Oc2ncnc3sc4c(c23)CCC4)CC1.NN.O.O.O=C1OC(=O)c2ccccc21.O=C1c2ccccc2C(=O)N1C1CCC(O)CC1.O=C1c2ccccc2C(=O)N1C1CCC(Oc2ncnc3sc4c(c23)CCC4)CC1.[2HH]. The first-order valence-corrected chi connectivity index (χ1v) is 39.2. The molecule has 9 aromatic rings. The summed E-state index contributed by atoms with van der Waals surface area (Å²) in [6, 6.07) is 21.2. The number of hydrogen-bond donors (Lipinski definition) is 7. The Hall–Kier alpha value is -8.27. The number of aliphatic hydroxyl groups is 3. The Morgan fingerprint density at radius 3 is 1.12 bits per heavy atom. The summed E-state index contributed by atoms with van der Waals surface area (Å²) in [5.74, 6) is 7.71. The molecule has 9 heterocycles. The molecule has 0 spiro atoms. The summed E-state index contributed by atoms with van der Waals surface area (Å²) in [7, 11) is 0. The fraction of sp³-hybridized carbons (Fsp3) is 0.455. The lowest BCUT2D eigenvalue weighted by Gasteiger charge is -2.33. The molecule has 4 amide bonds. The van der Waals surface area contributed by atoms with Crippen LogP contribution in [0.15, 0.2) is 91.8 Å². The second-order valence-electron chi connectivity index (χ2n) is 27.5. The summed E-state index contributed by atoms with van der Waals surface area (Å²) in [5, 5.41) is 30.0. The number of hydrogen-bond acceptors (Lipinski definition) is 25. The van der Waals surface area contributed by atoms with E-state index in [2.05, 4.69) is 46.3 Å². The maximum Gasteiger partial charge on any atom is 0.346 e. The molecule has 572 valence electrons. The van der Waals surface area contributed by atoms with Crippen molar-refractivity contribution in [2.75, 3.05) is 6.61 Å². The van der Waals surface area contributed by atoms with Crippen LogP contribution in [0.3, 0.4) is 0 Å². The molecule has 0 bridgehead atoms. The van der Waals surface area contributed by atoms with Crippen molar-refractivity contribution in [3.05, 3.63) is 162 Å². The number of thiophene rings is 3. The largest absolute Gasteiger partial charge is 0.474 e. The number of carbonyl (C=O) groups excluding carboxylic acids is 6. The van der Waals surface area contributed by atoms with Crippen LogP contribution in [-0.4, -0.2) is 157 Å². The highest BCUT2D eigenvalue weighted by Crippen LogP contribution is 2.44. The topological polar surface area (TPSA) is 442 Å². The minimum absolute atomic E-state index is 0. The number of aliphatic hydroxyl groups excluding tert-OH is 3. The van der Waals surface area contributed by atoms with Crippen molar-refractivity contribution in [1.82, 2.24) is 39.7 Å². The van der Waals surface area contributed by atoms with Gasteiger partial charge in [0.05, 0.1) is 61.7 Å². The zero-order valence-electron chi connectivity index (χ0n) is 59.7. The van der Waals surface area contributed by atoms with Crippen LogP contribution in [0.1, 0.15) is 224 Å². The molecule has 10 aliphatic rings. The number of cyclic esters (lactones) is 2. The Labute approximate surface area is 637 Å². The number of rotatable bonds is 6. The standard InChI is InChI=1S/C23H21N3O3S.C15H19N3OS.C14H15NO3.C9H7ClN2S.C8H4O3.C6H13NO.C2H6O.H4N2.2H2O.H2/c27-22-15-4-1-2-5-16(15)23(28)26(22)13-8-10-14(11-9-13)29-20-19-17-6-3-7-18(17)30-21(19)25-12-24-20;16-9-4-6-10(7-5-9)19-14-13-11-2-1-3-12(11)20-15(13)18-8-17-14;16-10-7-5-9(6-8-10)15-13(17)11-3-1-2-4-12(11)14(15)18;10-8-7-5-2-1-3-6(5)13-9(7)12-4-11-8;9-7-5-3-1-2-4-6(5)8(10)11-7;7-5-1-3-6(8)4-2-5;1-2-3;1-2;;;/h1-2,4-5,12-14H,3,6-11H2;8-10H,1-7,16H2;1-4,9-10,16H,5-8H2;4H,1-3H2;1-4H;5-6,8H,1-4,7H2;3H,2H2,1H3;1-2H2;2*1H2;1H/i;;;;;;;;;;1+1. The maximum absolute atomic E-state index is 12.8. The monoisotopic (exact) mass is 1540 g/mol. The lowest BCUT2D eigenvalue weighted by atomic mass is 9.92. The molecule has 0 atom stereocenters. The molecule has 26 nitrogen and oxygen atoms in total. The quantitative estimate of drug-likeness (QED) is 0.0203. The average Bonchev–Trinajstić information content (AvgIpc) is 1.62. The van der Waals surface area contributed by atoms with Crippen molar-refractivity contribution in [1.29, 1.82) is 0 Å². The van der Waals surface area contributed by atoms with Gasteiger partial charge in [0.25, 0.3) is 23.6 Å². The first-order valence-electron chi connectivity index (χ1n) is 36.4. The van der Waals surface area contributed by atoms with Crippen LogP contribution in [0, 0.1) is 0 Å². The van der Waals surface area contributed by atoms with Gasteiger partial charge in [-0.15, -0.1) is 34.0 Å². The molecule has 4 saturated carbocycles. The summed E-state index contributed by atoms with van der Waals surface area (Å²) in [5.41, 5.74) is 18.5. The molecular weight excluding hydrogens is 1450 g/mol. The highest BCUT2D eigenvalue weighted by atomic mass is 35.5. The van der Waals surface area contributed by atoms with E-state index in [1.807, 2.05) is 23.5 Å². The molecule has 4 fully saturated rings. The van der Waals surface area contributed by atoms with Crippen molar-refractivity contribution in [3.8, 4) is 11.8 Å². The van der Waals surface area contributed by atoms with Gasteiger partial charge in [-0.2, -0.15) is 0 Å². The predicted octanol–water partition coefficient (Wildman–Crippen LogP) is 10.1. The van der Waals surface area contributed by atoms with Gasteiger partial charge in [0.1, 0.15) is 50.8 Å². The predicted molar refractivity (Wildman–Crippen MR) is 412 cm³/mol. The van der Waals surface area contributed by atoms with E-state index in [0.717, 1.165) is 134 Å². The summed E-state index contributed by atoms with van der Waals surface area (Å²) < 4.78 is 16.9. The number of esters is 2. The third-order valence-electron chi connectivity index (χ3n) is 20.6. The number of amides is 4. The van der Waals surface area contributed by atoms with Gasteiger partial charge in [-0.05, 0) is 221 Å². The van der Waals surface area contributed by atoms with Gasteiger partial charge in [0.2, 0.25) is 11.8 Å². The second-order valence-corrected chi connectivity index (χ2v) is 31.1. The van der Waals surface area contributed by atoms with E-state index >= 15 is 0 Å². The first kappa shape index (κ1) is 81.3. The molecule has 30 heteroatoms. The van der Waals surface area contributed by atoms with E-state index in [-0.39, 0.29) is 79.1 Å². The molecule has 7 aliphatic carbocycles. The number of nitrogens with two attached hydrogens (primary N) is 4. The van der Waals surface area contributed by atoms with Crippen LogP contribution in [0.4, 0.5) is 0 Å². The van der Waals surface area contributed by atoms with Crippen LogP contribution >= 0.6 is 45.6 Å². The van der Waals surface area contributed by atoms with Gasteiger partial charge in [-0.25, -0.2) is 39.5 Å². The molecule has 19 rings (SSSR count). The summed E-state index contributed by atoms with van der Waals surface area (Å²) in [6.07, 6.45) is 29.2. The van der Waals surface area contributed by atoms with Crippen LogP contribution in [0.5, 0.6) is 11.8 Å². The zero-order valence-corrected chi connectivity index (χ0v) is 62.9. The lowest BCUT2D eigenvalue weighted by molar-refractivity contribution is 0.0432. The molecule has 0 saturated heterocycles. The maximum atomic E-state index is 12.8. The van der Waals surface area contributed by atoms with Gasteiger partial charge in [0.15, 0.2) is 0 Å². The molecule has 0 radical (unpaired) electrons. The molecule has 0 unspecified atom stereocenters. The van der Waals surface area contributed by atoms with Gasteiger partial charge >= 0.3 is 11.9 Å². The van der Waals surface area contributed by atoms with E-state index in [0.29, 0.717) is 82.2 Å². The Morgan fingerprint density at radius 2 is 0.757 bits per heavy atom. The summed E-state index contributed by atoms with van der Waals surface area (Å²) in [6.45, 7) is 1.93. The van der Waals surface area contributed by atoms with E-state index in [1.54, 1.807) is 103 Å². The third kappa shape index (κ3) is 18.4. The third-order valence-corrected chi connectivity index (χ3v) is 24.5. The Balaban J connectivity index is 0.000000153. The highest BCUT2D eigenvalue weighted by molar-refractivity contribution is 7.19. The summed E-state index contributed by atoms with van der Waals surface area (Å²) in [4.78, 5) is 108. The van der Waals surface area contributed by atoms with Gasteiger partial charge in [0, 0.05) is 46.8 Å². The van der Waals surface area contributed by atoms with Gasteiger partial charge < -0.3 is 51.9 Å². The fourth-order valence-corrected chi connectivity index (χ4v) is 19.3. The molecule has 3 aliphatic heterocycles. The average molecular weight is 1550 g/mol. The van der Waals surface area contributed by atoms with Crippen molar-refractivity contribution >= 4 is 112 Å². The second kappa shape index (κ2) is 37.7. The van der Waals surface area contributed by atoms with Crippen molar-refractivity contribution in [2.24, 2.45) is 23.2 Å². The number of nitrogens with zero attached hydrogens (tertiary/aromatic N) is 8. The number of imide groups is 2. The smallest absolute Gasteiger partial charge is 0.346 e. The number of halogens is 1. The molecule has 6 aromatic heterocycles.